The number of hydrazine groups is 1. The van der Waals surface area contributed by atoms with Crippen molar-refractivity contribution in [2.24, 2.45) is 11.8 Å². The molecule has 1 heterocycles. The number of nitrogens with one attached hydrogen (secondary N) is 1. The van der Waals surface area contributed by atoms with Crippen molar-refractivity contribution in [1.29, 1.82) is 0 Å². The van der Waals surface area contributed by atoms with E-state index < -0.39 is 0 Å². The molecular formula is C11H23N3OS. The summed E-state index contributed by atoms with van der Waals surface area (Å²) in [4.78, 5) is 14.0. The van der Waals surface area contributed by atoms with E-state index in [1.165, 1.54) is 0 Å². The minimum Gasteiger partial charge on any atom is -0.293 e. The normalized spacial score (nSPS) is 24.4. The number of nitrogens with zero attached hydrogens (tertiary/aromatic N) is 1. The molecule has 4 nitrogen and oxygen atoms in total. The van der Waals surface area contributed by atoms with Gasteiger partial charge in [0, 0.05) is 24.1 Å². The van der Waals surface area contributed by atoms with Crippen LogP contribution in [0.15, 0.2) is 0 Å². The summed E-state index contributed by atoms with van der Waals surface area (Å²) in [5.41, 5.74) is 2.29. The Balaban J connectivity index is 2.66. The van der Waals surface area contributed by atoms with E-state index in [2.05, 4.69) is 31.1 Å². The molecule has 3 N–H and O–H groups in total. The molecule has 1 fully saturated rings. The van der Waals surface area contributed by atoms with Crippen LogP contribution in [0.25, 0.3) is 0 Å². The monoisotopic (exact) mass is 245 g/mol. The number of carbonyl (C=O) groups excluding carboxylic acids is 1. The second kappa shape index (κ2) is 6.47. The van der Waals surface area contributed by atoms with Gasteiger partial charge < -0.3 is 0 Å². The lowest BCUT2D eigenvalue weighted by molar-refractivity contribution is -0.128. The fraction of sp³-hybridized carbons (Fsp3) is 0.909. The maximum Gasteiger partial charge on any atom is 0.251 e. The van der Waals surface area contributed by atoms with Crippen LogP contribution in [0.3, 0.4) is 0 Å². The topological polar surface area (TPSA) is 58.4 Å². The van der Waals surface area contributed by atoms with E-state index >= 15 is 0 Å². The van der Waals surface area contributed by atoms with Gasteiger partial charge in [0.25, 0.3) is 5.91 Å². The van der Waals surface area contributed by atoms with Crippen LogP contribution >= 0.6 is 11.8 Å². The van der Waals surface area contributed by atoms with Crippen LogP contribution in [0.1, 0.15) is 27.2 Å². The van der Waals surface area contributed by atoms with Gasteiger partial charge in [0.2, 0.25) is 0 Å². The lowest BCUT2D eigenvalue weighted by Crippen LogP contribution is -2.55. The standard InChI is InChI=1S/C11H23N3OS/c1-4-9-7-14(5-6-16-9)10(8(2)3)11(15)13-12/h8-10H,4-7,12H2,1-3H3,(H,13,15). The summed E-state index contributed by atoms with van der Waals surface area (Å²) < 4.78 is 0. The summed E-state index contributed by atoms with van der Waals surface area (Å²) in [6.45, 7) is 8.33. The largest absolute Gasteiger partial charge is 0.293 e. The molecule has 5 heteroatoms. The molecule has 1 rings (SSSR count). The molecule has 94 valence electrons. The summed E-state index contributed by atoms with van der Waals surface area (Å²) in [6, 6.07) is -0.0834. The number of carbonyl (C=O) groups is 1. The van der Waals surface area contributed by atoms with Crippen LogP contribution in [0.4, 0.5) is 0 Å². The van der Waals surface area contributed by atoms with Gasteiger partial charge in [-0.2, -0.15) is 11.8 Å². The fourth-order valence-corrected chi connectivity index (χ4v) is 3.42. The first-order valence-electron chi connectivity index (χ1n) is 5.96. The van der Waals surface area contributed by atoms with Crippen molar-refractivity contribution in [3.63, 3.8) is 0 Å². The molecule has 0 aromatic heterocycles. The average Bonchev–Trinajstić information content (AvgIpc) is 2.29. The van der Waals surface area contributed by atoms with E-state index in [9.17, 15) is 4.79 Å². The van der Waals surface area contributed by atoms with Gasteiger partial charge in [-0.05, 0) is 12.3 Å². The summed E-state index contributed by atoms with van der Waals surface area (Å²) in [7, 11) is 0. The molecule has 0 aromatic rings. The molecule has 0 aliphatic carbocycles. The SMILES string of the molecule is CCC1CN(C(C(=O)NN)C(C)C)CCS1. The summed E-state index contributed by atoms with van der Waals surface area (Å²) in [6.07, 6.45) is 1.16. The molecule has 2 unspecified atom stereocenters. The third-order valence-corrected chi connectivity index (χ3v) is 4.43. The highest BCUT2D eigenvalue weighted by atomic mass is 32.2. The van der Waals surface area contributed by atoms with Crippen LogP contribution < -0.4 is 11.3 Å². The maximum absolute atomic E-state index is 11.8. The number of hydrogen-bond donors (Lipinski definition) is 2. The molecule has 1 amide bonds. The van der Waals surface area contributed by atoms with Gasteiger partial charge in [-0.25, -0.2) is 5.84 Å². The van der Waals surface area contributed by atoms with Crippen LogP contribution in [0.2, 0.25) is 0 Å². The first kappa shape index (κ1) is 13.8. The summed E-state index contributed by atoms with van der Waals surface area (Å²) in [5, 5.41) is 0.653. The lowest BCUT2D eigenvalue weighted by atomic mass is 10.0. The van der Waals surface area contributed by atoms with Crippen molar-refractivity contribution in [2.45, 2.75) is 38.5 Å². The van der Waals surface area contributed by atoms with Crippen molar-refractivity contribution < 1.29 is 4.79 Å². The molecule has 1 aliphatic rings. The van der Waals surface area contributed by atoms with Gasteiger partial charge in [0.15, 0.2) is 0 Å². The van der Waals surface area contributed by atoms with E-state index in [0.717, 1.165) is 25.3 Å². The first-order chi connectivity index (χ1) is 7.60. The zero-order chi connectivity index (χ0) is 12.1. The van der Waals surface area contributed by atoms with Gasteiger partial charge >= 0.3 is 0 Å². The lowest BCUT2D eigenvalue weighted by Gasteiger charge is -2.38. The molecule has 2 atom stereocenters. The van der Waals surface area contributed by atoms with Gasteiger partial charge in [-0.1, -0.05) is 20.8 Å². The van der Waals surface area contributed by atoms with Crippen LogP contribution in [0, 0.1) is 5.92 Å². The van der Waals surface area contributed by atoms with E-state index in [0.29, 0.717) is 11.2 Å². The fourth-order valence-electron chi connectivity index (χ4n) is 2.22. The van der Waals surface area contributed by atoms with Crippen LogP contribution in [0.5, 0.6) is 0 Å². The Morgan fingerprint density at radius 3 is 2.81 bits per heavy atom. The van der Waals surface area contributed by atoms with Gasteiger partial charge in [-0.15, -0.1) is 0 Å². The van der Waals surface area contributed by atoms with Gasteiger partial charge in [0.1, 0.15) is 0 Å². The Bertz CT molecular complexity index is 235. The predicted octanol–water partition coefficient (Wildman–Crippen LogP) is 0.828. The van der Waals surface area contributed by atoms with Crippen molar-refractivity contribution in [3.8, 4) is 0 Å². The van der Waals surface area contributed by atoms with Crippen molar-refractivity contribution in [1.82, 2.24) is 10.3 Å². The van der Waals surface area contributed by atoms with Crippen molar-refractivity contribution >= 4 is 17.7 Å². The number of nitrogens with two attached hydrogens (primary N) is 1. The highest BCUT2D eigenvalue weighted by Gasteiger charge is 2.31. The molecule has 0 aromatic carbocycles. The third kappa shape index (κ3) is 3.37. The molecule has 0 spiro atoms. The quantitative estimate of drug-likeness (QED) is 0.437. The molecule has 1 aliphatic heterocycles. The molecule has 0 saturated carbocycles. The Hall–Kier alpha value is -0.260. The van der Waals surface area contributed by atoms with Gasteiger partial charge in [-0.3, -0.25) is 15.1 Å². The molecule has 0 radical (unpaired) electrons. The zero-order valence-electron chi connectivity index (χ0n) is 10.4. The second-order valence-corrected chi connectivity index (χ2v) is 6.00. The molecular weight excluding hydrogens is 222 g/mol. The van der Waals surface area contributed by atoms with E-state index in [1.807, 2.05) is 11.8 Å². The molecule has 0 bridgehead atoms. The Kier molecular flexibility index (Phi) is 5.58. The average molecular weight is 245 g/mol. The van der Waals surface area contributed by atoms with Crippen LogP contribution in [-0.2, 0) is 4.79 Å². The van der Waals surface area contributed by atoms with Crippen LogP contribution in [-0.4, -0.2) is 40.9 Å². The summed E-state index contributed by atoms with van der Waals surface area (Å²) >= 11 is 2.01. The maximum atomic E-state index is 11.8. The predicted molar refractivity (Wildman–Crippen MR) is 69.1 cm³/mol. The minimum absolute atomic E-state index is 0.0586. The Morgan fingerprint density at radius 1 is 1.62 bits per heavy atom. The minimum atomic E-state index is -0.0834. The van der Waals surface area contributed by atoms with Crippen molar-refractivity contribution in [3.05, 3.63) is 0 Å². The van der Waals surface area contributed by atoms with E-state index in [4.69, 9.17) is 5.84 Å². The zero-order valence-corrected chi connectivity index (χ0v) is 11.2. The highest BCUT2D eigenvalue weighted by Crippen LogP contribution is 2.24. The number of amides is 1. The number of hydrogen-bond acceptors (Lipinski definition) is 4. The number of thioether (sulfide) groups is 1. The van der Waals surface area contributed by atoms with Crippen molar-refractivity contribution in [2.75, 3.05) is 18.8 Å². The Morgan fingerprint density at radius 2 is 2.31 bits per heavy atom. The third-order valence-electron chi connectivity index (χ3n) is 3.06. The molecule has 16 heavy (non-hydrogen) atoms. The smallest absolute Gasteiger partial charge is 0.251 e. The second-order valence-electron chi connectivity index (χ2n) is 4.59. The molecule has 1 saturated heterocycles. The summed E-state index contributed by atoms with van der Waals surface area (Å²) in [5.74, 6) is 6.60. The van der Waals surface area contributed by atoms with E-state index in [1.54, 1.807) is 0 Å². The van der Waals surface area contributed by atoms with E-state index in [-0.39, 0.29) is 11.9 Å². The Labute approximate surface area is 102 Å². The first-order valence-corrected chi connectivity index (χ1v) is 7.01. The number of rotatable bonds is 4. The highest BCUT2D eigenvalue weighted by molar-refractivity contribution is 8.00. The van der Waals surface area contributed by atoms with Gasteiger partial charge in [0.05, 0.1) is 6.04 Å².